The molecule has 3 heteroatoms. The molecule has 0 heterocycles. The fourth-order valence-electron chi connectivity index (χ4n) is 3.29. The number of methoxy groups -OCH3 is 1. The predicted octanol–water partition coefficient (Wildman–Crippen LogP) is 2.00. The second-order valence-electron chi connectivity index (χ2n) is 6.03. The van der Waals surface area contributed by atoms with E-state index in [2.05, 4.69) is 11.8 Å². The summed E-state index contributed by atoms with van der Waals surface area (Å²) in [6.45, 7) is 5.09. The van der Waals surface area contributed by atoms with Gasteiger partial charge in [-0.1, -0.05) is 6.92 Å². The van der Waals surface area contributed by atoms with Crippen LogP contribution in [0.15, 0.2) is 0 Å². The van der Waals surface area contributed by atoms with Crippen molar-refractivity contribution < 1.29 is 4.74 Å². The maximum Gasteiger partial charge on any atom is 0.0590 e. The first-order valence-corrected chi connectivity index (χ1v) is 7.17. The summed E-state index contributed by atoms with van der Waals surface area (Å²) in [5, 5.41) is 0. The third-order valence-electron chi connectivity index (χ3n) is 4.72. The summed E-state index contributed by atoms with van der Waals surface area (Å²) < 4.78 is 5.27. The minimum atomic E-state index is 0.284. The number of hydrogen-bond acceptors (Lipinski definition) is 3. The Labute approximate surface area is 106 Å². The SMILES string of the molecule is COCCN(C1CC1)C1(CN)CCC(C)CC1. The highest BCUT2D eigenvalue weighted by atomic mass is 16.5. The molecule has 0 atom stereocenters. The van der Waals surface area contributed by atoms with E-state index in [1.54, 1.807) is 7.11 Å². The zero-order valence-corrected chi connectivity index (χ0v) is 11.5. The molecule has 0 spiro atoms. The van der Waals surface area contributed by atoms with Crippen LogP contribution in [0.4, 0.5) is 0 Å². The van der Waals surface area contributed by atoms with E-state index in [0.717, 1.165) is 31.7 Å². The van der Waals surface area contributed by atoms with E-state index in [0.29, 0.717) is 0 Å². The molecular formula is C14H28N2O. The van der Waals surface area contributed by atoms with E-state index < -0.39 is 0 Å². The van der Waals surface area contributed by atoms with Crippen LogP contribution in [0, 0.1) is 5.92 Å². The lowest BCUT2D eigenvalue weighted by Crippen LogP contribution is -2.57. The summed E-state index contributed by atoms with van der Waals surface area (Å²) in [7, 11) is 1.79. The van der Waals surface area contributed by atoms with Crippen LogP contribution in [0.1, 0.15) is 45.4 Å². The van der Waals surface area contributed by atoms with E-state index in [4.69, 9.17) is 10.5 Å². The molecule has 0 aromatic rings. The molecule has 17 heavy (non-hydrogen) atoms. The molecule has 2 aliphatic carbocycles. The van der Waals surface area contributed by atoms with Gasteiger partial charge in [-0.05, 0) is 44.4 Å². The molecule has 0 amide bonds. The Hall–Kier alpha value is -0.120. The van der Waals surface area contributed by atoms with Crippen LogP contribution >= 0.6 is 0 Å². The van der Waals surface area contributed by atoms with Gasteiger partial charge in [0, 0.05) is 31.8 Å². The van der Waals surface area contributed by atoms with Gasteiger partial charge in [-0.2, -0.15) is 0 Å². The third kappa shape index (κ3) is 3.01. The van der Waals surface area contributed by atoms with Crippen molar-refractivity contribution in [2.24, 2.45) is 11.7 Å². The maximum atomic E-state index is 6.14. The molecule has 2 fully saturated rings. The number of ether oxygens (including phenoxy) is 1. The van der Waals surface area contributed by atoms with Crippen molar-refractivity contribution in [3.8, 4) is 0 Å². The minimum Gasteiger partial charge on any atom is -0.383 e. The van der Waals surface area contributed by atoms with E-state index in [-0.39, 0.29) is 5.54 Å². The summed E-state index contributed by atoms with van der Waals surface area (Å²) in [5.74, 6) is 0.887. The maximum absolute atomic E-state index is 6.14. The van der Waals surface area contributed by atoms with E-state index in [1.807, 2.05) is 0 Å². The Morgan fingerprint density at radius 2 is 1.88 bits per heavy atom. The molecule has 2 saturated carbocycles. The van der Waals surface area contributed by atoms with Crippen LogP contribution in [0.25, 0.3) is 0 Å². The number of nitrogens with two attached hydrogens (primary N) is 1. The molecule has 2 rings (SSSR count). The fourth-order valence-corrected chi connectivity index (χ4v) is 3.29. The van der Waals surface area contributed by atoms with E-state index in [9.17, 15) is 0 Å². The van der Waals surface area contributed by atoms with Gasteiger partial charge < -0.3 is 10.5 Å². The van der Waals surface area contributed by atoms with Crippen LogP contribution in [0.2, 0.25) is 0 Å². The molecule has 0 aromatic heterocycles. The Morgan fingerprint density at radius 3 is 2.35 bits per heavy atom. The summed E-state index contributed by atoms with van der Waals surface area (Å²) in [5.41, 5.74) is 6.42. The number of rotatable bonds is 6. The Morgan fingerprint density at radius 1 is 1.24 bits per heavy atom. The van der Waals surface area contributed by atoms with Gasteiger partial charge in [-0.25, -0.2) is 0 Å². The van der Waals surface area contributed by atoms with Gasteiger partial charge in [0.05, 0.1) is 6.61 Å². The summed E-state index contributed by atoms with van der Waals surface area (Å²) in [6.07, 6.45) is 7.97. The Bertz CT molecular complexity index is 232. The molecule has 2 N–H and O–H groups in total. The largest absolute Gasteiger partial charge is 0.383 e. The van der Waals surface area contributed by atoms with Gasteiger partial charge in [0.1, 0.15) is 0 Å². The third-order valence-corrected chi connectivity index (χ3v) is 4.72. The highest BCUT2D eigenvalue weighted by Crippen LogP contribution is 2.41. The fraction of sp³-hybridized carbons (Fsp3) is 1.00. The molecule has 0 aromatic carbocycles. The van der Waals surface area contributed by atoms with Crippen LogP contribution in [0.3, 0.4) is 0 Å². The Balaban J connectivity index is 2.02. The predicted molar refractivity (Wildman–Crippen MR) is 71.0 cm³/mol. The van der Waals surface area contributed by atoms with Gasteiger partial charge >= 0.3 is 0 Å². The van der Waals surface area contributed by atoms with Gasteiger partial charge in [-0.15, -0.1) is 0 Å². The molecular weight excluding hydrogens is 212 g/mol. The van der Waals surface area contributed by atoms with Crippen LogP contribution in [-0.2, 0) is 4.74 Å². The molecule has 3 nitrogen and oxygen atoms in total. The average Bonchev–Trinajstić information content (AvgIpc) is 3.17. The minimum absolute atomic E-state index is 0.284. The van der Waals surface area contributed by atoms with Crippen molar-refractivity contribution in [1.82, 2.24) is 4.90 Å². The molecule has 0 unspecified atom stereocenters. The van der Waals surface area contributed by atoms with Crippen molar-refractivity contribution in [3.63, 3.8) is 0 Å². The first kappa shape index (κ1) is 13.3. The first-order chi connectivity index (χ1) is 8.22. The lowest BCUT2D eigenvalue weighted by atomic mass is 9.76. The average molecular weight is 240 g/mol. The van der Waals surface area contributed by atoms with Crippen LogP contribution in [0.5, 0.6) is 0 Å². The van der Waals surface area contributed by atoms with Crippen molar-refractivity contribution in [3.05, 3.63) is 0 Å². The topological polar surface area (TPSA) is 38.5 Å². The van der Waals surface area contributed by atoms with Crippen molar-refractivity contribution >= 4 is 0 Å². The molecule has 0 aliphatic heterocycles. The second-order valence-corrected chi connectivity index (χ2v) is 6.03. The zero-order chi connectivity index (χ0) is 12.3. The lowest BCUT2D eigenvalue weighted by molar-refractivity contribution is 0.0177. The summed E-state index contributed by atoms with van der Waals surface area (Å²) in [6, 6.07) is 0.794. The molecule has 0 saturated heterocycles. The molecule has 100 valence electrons. The molecule has 0 radical (unpaired) electrons. The number of nitrogens with zero attached hydrogens (tertiary/aromatic N) is 1. The second kappa shape index (κ2) is 5.68. The zero-order valence-electron chi connectivity index (χ0n) is 11.5. The Kier molecular flexibility index (Phi) is 4.45. The number of hydrogen-bond donors (Lipinski definition) is 1. The van der Waals surface area contributed by atoms with Gasteiger partial charge in [0.2, 0.25) is 0 Å². The lowest BCUT2D eigenvalue weighted by Gasteiger charge is -2.47. The molecule has 0 bridgehead atoms. The molecule has 2 aliphatic rings. The standard InChI is InChI=1S/C14H28N2O/c1-12-5-7-14(11-15,8-6-12)16(9-10-17-2)13-3-4-13/h12-13H,3-11,15H2,1-2H3. The van der Waals surface area contributed by atoms with Crippen molar-refractivity contribution in [1.29, 1.82) is 0 Å². The quantitative estimate of drug-likeness (QED) is 0.772. The highest BCUT2D eigenvalue weighted by molar-refractivity contribution is 5.01. The van der Waals surface area contributed by atoms with Gasteiger partial charge in [0.25, 0.3) is 0 Å². The van der Waals surface area contributed by atoms with Crippen LogP contribution in [-0.4, -0.2) is 43.3 Å². The summed E-state index contributed by atoms with van der Waals surface area (Å²) in [4.78, 5) is 2.68. The normalized spacial score (nSPS) is 34.2. The van der Waals surface area contributed by atoms with E-state index >= 15 is 0 Å². The van der Waals surface area contributed by atoms with Crippen molar-refractivity contribution in [2.75, 3.05) is 26.8 Å². The smallest absolute Gasteiger partial charge is 0.0590 e. The highest BCUT2D eigenvalue weighted by Gasteiger charge is 2.44. The van der Waals surface area contributed by atoms with Gasteiger partial charge in [0.15, 0.2) is 0 Å². The monoisotopic (exact) mass is 240 g/mol. The van der Waals surface area contributed by atoms with E-state index in [1.165, 1.54) is 38.5 Å². The summed E-state index contributed by atoms with van der Waals surface area (Å²) >= 11 is 0. The van der Waals surface area contributed by atoms with Gasteiger partial charge in [-0.3, -0.25) is 4.90 Å². The van der Waals surface area contributed by atoms with Crippen LogP contribution < -0.4 is 5.73 Å². The first-order valence-electron chi connectivity index (χ1n) is 7.17. The van der Waals surface area contributed by atoms with Crippen molar-refractivity contribution in [2.45, 2.75) is 57.0 Å².